The molecule has 0 unspecified atom stereocenters. The number of anilines is 1. The Hall–Kier alpha value is -2.62. The van der Waals surface area contributed by atoms with Gasteiger partial charge < -0.3 is 14.8 Å². The van der Waals surface area contributed by atoms with Gasteiger partial charge in [-0.2, -0.15) is 4.72 Å². The summed E-state index contributed by atoms with van der Waals surface area (Å²) < 4.78 is 38.0. The molecule has 31 heavy (non-hydrogen) atoms. The average Bonchev–Trinajstić information content (AvgIpc) is 2.72. The van der Waals surface area contributed by atoms with Crippen LogP contribution in [0, 0.1) is 5.92 Å². The quantitative estimate of drug-likeness (QED) is 0.546. The topological polar surface area (TPSA) is 111 Å². The first-order valence-corrected chi connectivity index (χ1v) is 11.3. The number of carbonyl (C=O) groups excluding carboxylic acids is 2. The van der Waals surface area contributed by atoms with Crippen LogP contribution in [0.25, 0.3) is 0 Å². The second-order valence-electron chi connectivity index (χ2n) is 7.07. The molecule has 0 aliphatic rings. The minimum atomic E-state index is -4.01. The minimum absolute atomic E-state index is 0.0442. The number of sulfonamides is 1. The van der Waals surface area contributed by atoms with E-state index in [-0.39, 0.29) is 4.90 Å². The first-order valence-electron chi connectivity index (χ1n) is 9.47. The van der Waals surface area contributed by atoms with Crippen molar-refractivity contribution in [3.05, 3.63) is 53.6 Å². The number of halogens is 1. The summed E-state index contributed by atoms with van der Waals surface area (Å²) in [5, 5.41) is 3.00. The number of amides is 1. The van der Waals surface area contributed by atoms with Gasteiger partial charge in [0.15, 0.2) is 6.10 Å². The number of nitrogens with one attached hydrogen (secondary N) is 2. The number of methoxy groups -OCH3 is 1. The van der Waals surface area contributed by atoms with E-state index in [1.165, 1.54) is 38.3 Å². The molecular formula is C21H25ClN2O6S. The van der Waals surface area contributed by atoms with Crippen molar-refractivity contribution in [1.29, 1.82) is 0 Å². The Bertz CT molecular complexity index is 1020. The number of hydrogen-bond donors (Lipinski definition) is 2. The largest absolute Gasteiger partial charge is 0.495 e. The first-order chi connectivity index (χ1) is 14.5. The maximum Gasteiger partial charge on any atom is 0.325 e. The maximum atomic E-state index is 12.7. The second kappa shape index (κ2) is 10.6. The fourth-order valence-corrected chi connectivity index (χ4v) is 4.05. The lowest BCUT2D eigenvalue weighted by atomic mass is 10.1. The van der Waals surface area contributed by atoms with Gasteiger partial charge >= 0.3 is 5.97 Å². The van der Waals surface area contributed by atoms with Gasteiger partial charge in [-0.25, -0.2) is 8.42 Å². The molecule has 0 spiro atoms. The molecule has 0 saturated heterocycles. The molecule has 10 heteroatoms. The molecule has 2 atom stereocenters. The third-order valence-corrected chi connectivity index (χ3v) is 6.06. The van der Waals surface area contributed by atoms with Crippen LogP contribution >= 0.6 is 11.6 Å². The highest BCUT2D eigenvalue weighted by atomic mass is 35.5. The Kier molecular flexibility index (Phi) is 8.43. The maximum absolute atomic E-state index is 12.7. The van der Waals surface area contributed by atoms with E-state index in [2.05, 4.69) is 10.0 Å². The third-order valence-electron chi connectivity index (χ3n) is 4.35. The molecule has 8 nitrogen and oxygen atoms in total. The summed E-state index contributed by atoms with van der Waals surface area (Å²) in [5.74, 6) is -1.43. The van der Waals surface area contributed by atoms with E-state index in [4.69, 9.17) is 21.1 Å². The molecule has 0 bridgehead atoms. The highest BCUT2D eigenvalue weighted by Crippen LogP contribution is 2.23. The number of rotatable bonds is 9. The Morgan fingerprint density at radius 1 is 1.00 bits per heavy atom. The van der Waals surface area contributed by atoms with Gasteiger partial charge in [0, 0.05) is 5.02 Å². The van der Waals surface area contributed by atoms with Crippen LogP contribution in [0.1, 0.15) is 20.8 Å². The summed E-state index contributed by atoms with van der Waals surface area (Å²) in [7, 11) is -2.54. The molecule has 0 radical (unpaired) electrons. The Morgan fingerprint density at radius 3 is 2.19 bits per heavy atom. The number of esters is 1. The number of benzene rings is 2. The molecule has 2 N–H and O–H groups in total. The fraction of sp³-hybridized carbons (Fsp3) is 0.333. The van der Waals surface area contributed by atoms with Crippen molar-refractivity contribution in [2.24, 2.45) is 5.92 Å². The molecule has 168 valence electrons. The van der Waals surface area contributed by atoms with Gasteiger partial charge in [0.05, 0.1) is 17.7 Å². The predicted octanol–water partition coefficient (Wildman–Crippen LogP) is 3.22. The average molecular weight is 469 g/mol. The van der Waals surface area contributed by atoms with Crippen LogP contribution in [0.4, 0.5) is 5.69 Å². The van der Waals surface area contributed by atoms with E-state index in [0.29, 0.717) is 16.5 Å². The van der Waals surface area contributed by atoms with Gasteiger partial charge in [0.1, 0.15) is 11.8 Å². The van der Waals surface area contributed by atoms with Crippen LogP contribution in [0.2, 0.25) is 5.02 Å². The molecule has 0 heterocycles. The summed E-state index contributed by atoms with van der Waals surface area (Å²) in [5.41, 5.74) is 0.418. The summed E-state index contributed by atoms with van der Waals surface area (Å²) in [6.45, 7) is 4.72. The Morgan fingerprint density at radius 2 is 1.61 bits per heavy atom. The van der Waals surface area contributed by atoms with Crippen molar-refractivity contribution in [2.75, 3.05) is 12.4 Å². The predicted molar refractivity (Wildman–Crippen MR) is 118 cm³/mol. The van der Waals surface area contributed by atoms with Crippen LogP contribution in [-0.4, -0.2) is 39.5 Å². The second-order valence-corrected chi connectivity index (χ2v) is 9.22. The molecule has 0 aliphatic carbocycles. The first kappa shape index (κ1) is 24.6. The van der Waals surface area contributed by atoms with Crippen molar-refractivity contribution in [3.63, 3.8) is 0 Å². The molecule has 2 aromatic carbocycles. The van der Waals surface area contributed by atoms with E-state index < -0.39 is 40.0 Å². The standard InChI is InChI=1S/C21H25ClN2O6S/c1-13(2)19(24-31(27,28)16-11-9-15(22)10-12-16)21(26)30-14(3)20(25)23-17-7-5-6-8-18(17)29-4/h5-14,19,24H,1-4H3,(H,23,25)/t14-,19-/m0/s1. The van der Waals surface area contributed by atoms with Crippen LogP contribution in [0.15, 0.2) is 53.4 Å². The van der Waals surface area contributed by atoms with Crippen LogP contribution in [0.3, 0.4) is 0 Å². The Labute approximate surface area is 186 Å². The fourth-order valence-electron chi connectivity index (χ4n) is 2.59. The van der Waals surface area contributed by atoms with Gasteiger partial charge in [0.25, 0.3) is 5.91 Å². The monoisotopic (exact) mass is 468 g/mol. The van der Waals surface area contributed by atoms with Gasteiger partial charge in [-0.15, -0.1) is 0 Å². The normalized spacial score (nSPS) is 13.4. The molecule has 1 amide bonds. The number of para-hydroxylation sites is 2. The van der Waals surface area contributed by atoms with E-state index in [0.717, 1.165) is 0 Å². The van der Waals surface area contributed by atoms with E-state index >= 15 is 0 Å². The van der Waals surface area contributed by atoms with Crippen LogP contribution in [0.5, 0.6) is 5.75 Å². The van der Waals surface area contributed by atoms with Crippen molar-refractivity contribution in [3.8, 4) is 5.75 Å². The lowest BCUT2D eigenvalue weighted by molar-refractivity contribution is -0.155. The molecule has 0 aliphatic heterocycles. The zero-order valence-corrected chi connectivity index (χ0v) is 19.2. The van der Waals surface area contributed by atoms with E-state index in [9.17, 15) is 18.0 Å². The summed E-state index contributed by atoms with van der Waals surface area (Å²) >= 11 is 5.80. The number of hydrogen-bond acceptors (Lipinski definition) is 6. The van der Waals surface area contributed by atoms with Gasteiger partial charge in [-0.05, 0) is 49.2 Å². The minimum Gasteiger partial charge on any atom is -0.495 e. The van der Waals surface area contributed by atoms with Crippen molar-refractivity contribution in [2.45, 2.75) is 37.8 Å². The molecule has 0 fully saturated rings. The molecular weight excluding hydrogens is 444 g/mol. The number of carbonyl (C=O) groups is 2. The lowest BCUT2D eigenvalue weighted by Crippen LogP contribution is -2.47. The van der Waals surface area contributed by atoms with Gasteiger partial charge in [0.2, 0.25) is 10.0 Å². The SMILES string of the molecule is COc1ccccc1NC(=O)[C@H](C)OC(=O)[C@@H](NS(=O)(=O)c1ccc(Cl)cc1)C(C)C. The molecule has 0 saturated carbocycles. The third kappa shape index (κ3) is 6.68. The smallest absolute Gasteiger partial charge is 0.325 e. The summed E-state index contributed by atoms with van der Waals surface area (Å²) in [6, 6.07) is 11.1. The van der Waals surface area contributed by atoms with Crippen molar-refractivity contribution < 1.29 is 27.5 Å². The highest BCUT2D eigenvalue weighted by molar-refractivity contribution is 7.89. The Balaban J connectivity index is 2.09. The van der Waals surface area contributed by atoms with Crippen LogP contribution < -0.4 is 14.8 Å². The van der Waals surface area contributed by atoms with Crippen LogP contribution in [-0.2, 0) is 24.3 Å². The zero-order chi connectivity index (χ0) is 23.2. The lowest BCUT2D eigenvalue weighted by Gasteiger charge is -2.23. The molecule has 0 aromatic heterocycles. The van der Waals surface area contributed by atoms with E-state index in [1.807, 2.05) is 0 Å². The molecule has 2 rings (SSSR count). The summed E-state index contributed by atoms with van der Waals surface area (Å²) in [4.78, 5) is 25.1. The summed E-state index contributed by atoms with van der Waals surface area (Å²) in [6.07, 6.45) is -1.17. The van der Waals surface area contributed by atoms with E-state index in [1.54, 1.807) is 38.1 Å². The van der Waals surface area contributed by atoms with Gasteiger partial charge in [-0.1, -0.05) is 37.6 Å². The zero-order valence-electron chi connectivity index (χ0n) is 17.6. The van der Waals surface area contributed by atoms with Crippen molar-refractivity contribution in [1.82, 2.24) is 4.72 Å². The van der Waals surface area contributed by atoms with Gasteiger partial charge in [-0.3, -0.25) is 9.59 Å². The highest BCUT2D eigenvalue weighted by Gasteiger charge is 2.32. The molecule has 2 aromatic rings. The number of ether oxygens (including phenoxy) is 2. The van der Waals surface area contributed by atoms with Crippen molar-refractivity contribution >= 4 is 39.2 Å².